The maximum Gasteiger partial charge on any atom is 0.266 e. The maximum atomic E-state index is 13.6. The van der Waals surface area contributed by atoms with E-state index in [-0.39, 0.29) is 17.6 Å². The first kappa shape index (κ1) is 14.3. The maximum absolute atomic E-state index is 13.6. The second-order valence-corrected chi connectivity index (χ2v) is 6.76. The molecule has 1 atom stereocenters. The number of carbonyl (C=O) groups excluding carboxylic acids is 2. The summed E-state index contributed by atoms with van der Waals surface area (Å²) in [6, 6.07) is 11.4. The number of halogens is 1. The van der Waals surface area contributed by atoms with Crippen LogP contribution in [-0.2, 0) is 14.5 Å². The molecule has 1 fully saturated rings. The highest BCUT2D eigenvalue weighted by atomic mass is 32.2. The molecule has 1 saturated heterocycles. The number of hydrogen-bond donors (Lipinski definition) is 1. The average molecular weight is 328 g/mol. The average Bonchev–Trinajstić information content (AvgIpc) is 3.01. The summed E-state index contributed by atoms with van der Waals surface area (Å²) in [7, 11) is 0. The van der Waals surface area contributed by atoms with Crippen LogP contribution in [0.5, 0.6) is 0 Å². The van der Waals surface area contributed by atoms with Gasteiger partial charge in [-0.05, 0) is 30.7 Å². The summed E-state index contributed by atoms with van der Waals surface area (Å²) < 4.78 is 13.6. The molecule has 2 heterocycles. The standard InChI is InChI=1S/C17H13FN2O2S/c1-10-4-2-7-13-15(10)19-16(22)17(13)20(14(21)9-23-17)12-6-3-5-11(18)8-12/h2-8H,9H2,1H3,(H,19,22). The van der Waals surface area contributed by atoms with Gasteiger partial charge in [0.2, 0.25) is 10.8 Å². The molecule has 1 unspecified atom stereocenters. The number of para-hydroxylation sites is 1. The van der Waals surface area contributed by atoms with Gasteiger partial charge in [-0.3, -0.25) is 14.5 Å². The summed E-state index contributed by atoms with van der Waals surface area (Å²) in [4.78, 5) is 25.5. The van der Waals surface area contributed by atoms with Gasteiger partial charge in [0.05, 0.1) is 11.4 Å². The molecule has 0 saturated carbocycles. The molecule has 2 aromatic rings. The first-order chi connectivity index (χ1) is 11.0. The van der Waals surface area contributed by atoms with Crippen molar-refractivity contribution in [2.75, 3.05) is 16.0 Å². The van der Waals surface area contributed by atoms with Crippen molar-refractivity contribution in [3.63, 3.8) is 0 Å². The molecule has 2 amide bonds. The SMILES string of the molecule is Cc1cccc2c1NC(=O)C21SCC(=O)N1c1cccc(F)c1. The number of carbonyl (C=O) groups is 2. The quantitative estimate of drug-likeness (QED) is 0.875. The molecule has 2 aliphatic heterocycles. The predicted octanol–water partition coefficient (Wildman–Crippen LogP) is 3.02. The van der Waals surface area contributed by atoms with Crippen molar-refractivity contribution < 1.29 is 14.0 Å². The minimum Gasteiger partial charge on any atom is -0.322 e. The molecule has 0 bridgehead atoms. The lowest BCUT2D eigenvalue weighted by Gasteiger charge is -2.32. The largest absolute Gasteiger partial charge is 0.322 e. The van der Waals surface area contributed by atoms with Crippen molar-refractivity contribution in [2.45, 2.75) is 11.8 Å². The molecule has 0 radical (unpaired) electrons. The van der Waals surface area contributed by atoms with Gasteiger partial charge in [-0.25, -0.2) is 4.39 Å². The molecular weight excluding hydrogens is 315 g/mol. The van der Waals surface area contributed by atoms with Crippen molar-refractivity contribution in [2.24, 2.45) is 0 Å². The van der Waals surface area contributed by atoms with E-state index in [1.807, 2.05) is 25.1 Å². The predicted molar refractivity (Wildman–Crippen MR) is 87.8 cm³/mol. The van der Waals surface area contributed by atoms with Crippen LogP contribution in [0.15, 0.2) is 42.5 Å². The second-order valence-electron chi connectivity index (χ2n) is 5.59. The number of nitrogens with one attached hydrogen (secondary N) is 1. The number of anilines is 2. The third-order valence-corrected chi connectivity index (χ3v) is 5.62. The fourth-order valence-corrected chi connectivity index (χ4v) is 4.52. The Hall–Kier alpha value is -2.34. The van der Waals surface area contributed by atoms with Crippen LogP contribution in [-0.4, -0.2) is 17.6 Å². The molecule has 2 aliphatic rings. The first-order valence-electron chi connectivity index (χ1n) is 7.18. The number of aryl methyl sites for hydroxylation is 1. The van der Waals surface area contributed by atoms with E-state index in [2.05, 4.69) is 5.32 Å². The Bertz CT molecular complexity index is 854. The molecule has 2 aromatic carbocycles. The van der Waals surface area contributed by atoms with Gasteiger partial charge in [0.1, 0.15) is 5.82 Å². The molecule has 0 aliphatic carbocycles. The molecule has 0 aromatic heterocycles. The zero-order valence-electron chi connectivity index (χ0n) is 12.3. The number of amides is 2. The summed E-state index contributed by atoms with van der Waals surface area (Å²) in [5.41, 5.74) is 2.82. The van der Waals surface area contributed by atoms with Gasteiger partial charge in [-0.2, -0.15) is 0 Å². The lowest BCUT2D eigenvalue weighted by atomic mass is 10.0. The van der Waals surface area contributed by atoms with Crippen LogP contribution in [0.3, 0.4) is 0 Å². The fraction of sp³-hybridized carbons (Fsp3) is 0.176. The van der Waals surface area contributed by atoms with Gasteiger partial charge in [0, 0.05) is 11.3 Å². The Morgan fingerprint density at radius 3 is 2.78 bits per heavy atom. The molecule has 6 heteroatoms. The van der Waals surface area contributed by atoms with Crippen LogP contribution in [0.1, 0.15) is 11.1 Å². The van der Waals surface area contributed by atoms with Gasteiger partial charge < -0.3 is 5.32 Å². The number of thioether (sulfide) groups is 1. The van der Waals surface area contributed by atoms with Crippen LogP contribution in [0.25, 0.3) is 0 Å². The molecule has 116 valence electrons. The van der Waals surface area contributed by atoms with E-state index in [0.717, 1.165) is 16.8 Å². The van der Waals surface area contributed by atoms with Crippen molar-refractivity contribution in [3.8, 4) is 0 Å². The van der Waals surface area contributed by atoms with Gasteiger partial charge in [-0.15, -0.1) is 11.8 Å². The van der Waals surface area contributed by atoms with Crippen molar-refractivity contribution in [1.29, 1.82) is 0 Å². The monoisotopic (exact) mass is 328 g/mol. The zero-order chi connectivity index (χ0) is 16.2. The van der Waals surface area contributed by atoms with Gasteiger partial charge in [0.25, 0.3) is 5.91 Å². The van der Waals surface area contributed by atoms with Gasteiger partial charge in [-0.1, -0.05) is 24.3 Å². The minimum atomic E-state index is -1.16. The summed E-state index contributed by atoms with van der Waals surface area (Å²) >= 11 is 1.27. The van der Waals surface area contributed by atoms with Crippen molar-refractivity contribution >= 4 is 35.0 Å². The molecule has 23 heavy (non-hydrogen) atoms. The van der Waals surface area contributed by atoms with E-state index in [1.54, 1.807) is 12.1 Å². The van der Waals surface area contributed by atoms with Crippen LogP contribution in [0.2, 0.25) is 0 Å². The lowest BCUT2D eigenvalue weighted by Crippen LogP contribution is -2.47. The lowest BCUT2D eigenvalue weighted by molar-refractivity contribution is -0.122. The van der Waals surface area contributed by atoms with Crippen LogP contribution >= 0.6 is 11.8 Å². The Balaban J connectivity index is 1.95. The Kier molecular flexibility index (Phi) is 2.99. The van der Waals surface area contributed by atoms with E-state index in [9.17, 15) is 14.0 Å². The molecule has 1 spiro atoms. The van der Waals surface area contributed by atoms with E-state index in [4.69, 9.17) is 0 Å². The highest BCUT2D eigenvalue weighted by Gasteiger charge is 2.58. The minimum absolute atomic E-state index is 0.178. The van der Waals surface area contributed by atoms with E-state index < -0.39 is 10.7 Å². The summed E-state index contributed by atoms with van der Waals surface area (Å²) in [6.45, 7) is 1.91. The van der Waals surface area contributed by atoms with Gasteiger partial charge in [0.15, 0.2) is 0 Å². The Labute approximate surface area is 136 Å². The fourth-order valence-electron chi connectivity index (χ4n) is 3.21. The van der Waals surface area contributed by atoms with Crippen molar-refractivity contribution in [1.82, 2.24) is 0 Å². The van der Waals surface area contributed by atoms with Crippen molar-refractivity contribution in [3.05, 3.63) is 59.4 Å². The van der Waals surface area contributed by atoms with Gasteiger partial charge >= 0.3 is 0 Å². The number of hydrogen-bond acceptors (Lipinski definition) is 3. The number of rotatable bonds is 1. The first-order valence-corrected chi connectivity index (χ1v) is 8.17. The molecule has 4 rings (SSSR count). The van der Waals surface area contributed by atoms with Crippen LogP contribution in [0, 0.1) is 12.7 Å². The third kappa shape index (κ3) is 1.84. The number of benzene rings is 2. The summed E-state index contributed by atoms with van der Waals surface area (Å²) in [6.07, 6.45) is 0. The molecule has 4 nitrogen and oxygen atoms in total. The molecular formula is C17H13FN2O2S. The van der Waals surface area contributed by atoms with Crippen LogP contribution in [0.4, 0.5) is 15.8 Å². The molecule has 1 N–H and O–H groups in total. The summed E-state index contributed by atoms with van der Waals surface area (Å²) in [5.74, 6) is -0.727. The second kappa shape index (κ2) is 4.83. The Morgan fingerprint density at radius 1 is 1.22 bits per heavy atom. The van der Waals surface area contributed by atoms with E-state index in [0.29, 0.717) is 5.69 Å². The number of nitrogens with zero attached hydrogens (tertiary/aromatic N) is 1. The van der Waals surface area contributed by atoms with E-state index >= 15 is 0 Å². The highest BCUT2D eigenvalue weighted by Crippen LogP contribution is 2.54. The third-order valence-electron chi connectivity index (χ3n) is 4.22. The smallest absolute Gasteiger partial charge is 0.266 e. The zero-order valence-corrected chi connectivity index (χ0v) is 13.1. The van der Waals surface area contributed by atoms with E-state index in [1.165, 1.54) is 28.8 Å². The number of fused-ring (bicyclic) bond motifs is 2. The summed E-state index contributed by atoms with van der Waals surface area (Å²) in [5, 5.41) is 2.89. The Morgan fingerprint density at radius 2 is 2.00 bits per heavy atom. The normalized spacial score (nSPS) is 22.6. The van der Waals surface area contributed by atoms with Crippen LogP contribution < -0.4 is 10.2 Å². The highest BCUT2D eigenvalue weighted by molar-refractivity contribution is 8.02. The topological polar surface area (TPSA) is 49.4 Å².